The van der Waals surface area contributed by atoms with E-state index in [1.165, 1.54) is 0 Å². The third-order valence-corrected chi connectivity index (χ3v) is 6.76. The summed E-state index contributed by atoms with van der Waals surface area (Å²) in [6, 6.07) is 39.2. The van der Waals surface area contributed by atoms with Gasteiger partial charge in [0.1, 0.15) is 16.9 Å². The van der Waals surface area contributed by atoms with Crippen LogP contribution in [0.2, 0.25) is 0 Å². The molecule has 34 heavy (non-hydrogen) atoms. The van der Waals surface area contributed by atoms with Crippen LogP contribution in [-0.4, -0.2) is 5.11 Å². The second-order valence-electron chi connectivity index (χ2n) is 8.65. The standard InChI is InChI=1S/C32H20O2/c33-30-24-17-9-8-16-23(24)28(21-13-5-2-6-14-21)32-29(30)27-19-26(20-11-3-1-4-12-20)22-15-7-10-18-25(22)31(27)34-32/h1-19,33H. The van der Waals surface area contributed by atoms with E-state index in [1.807, 2.05) is 48.5 Å². The average molecular weight is 437 g/mol. The van der Waals surface area contributed by atoms with E-state index >= 15 is 0 Å². The summed E-state index contributed by atoms with van der Waals surface area (Å²) in [4.78, 5) is 0. The van der Waals surface area contributed by atoms with Crippen molar-refractivity contribution in [2.75, 3.05) is 0 Å². The Morgan fingerprint density at radius 3 is 1.74 bits per heavy atom. The first-order chi connectivity index (χ1) is 16.8. The van der Waals surface area contributed by atoms with Crippen molar-refractivity contribution in [1.29, 1.82) is 0 Å². The molecule has 0 fully saturated rings. The first-order valence-electron chi connectivity index (χ1n) is 11.4. The quantitative estimate of drug-likeness (QED) is 0.293. The summed E-state index contributed by atoms with van der Waals surface area (Å²) < 4.78 is 6.67. The van der Waals surface area contributed by atoms with Gasteiger partial charge in [-0.25, -0.2) is 0 Å². The van der Waals surface area contributed by atoms with Crippen LogP contribution in [0.3, 0.4) is 0 Å². The second kappa shape index (κ2) is 7.23. The van der Waals surface area contributed by atoms with E-state index in [0.717, 1.165) is 60.2 Å². The van der Waals surface area contributed by atoms with E-state index in [2.05, 4.69) is 66.7 Å². The van der Waals surface area contributed by atoms with Crippen LogP contribution in [-0.2, 0) is 0 Å². The Labute approximate surface area is 196 Å². The maximum atomic E-state index is 11.5. The fraction of sp³-hybridized carbons (Fsp3) is 0. The van der Waals surface area contributed by atoms with Crippen LogP contribution in [0.4, 0.5) is 0 Å². The molecule has 7 rings (SSSR count). The number of hydrogen-bond donors (Lipinski definition) is 1. The molecular weight excluding hydrogens is 416 g/mol. The number of phenolic OH excluding ortho intramolecular Hbond substituents is 1. The minimum atomic E-state index is 0.262. The van der Waals surface area contributed by atoms with Gasteiger partial charge in [-0.1, -0.05) is 109 Å². The van der Waals surface area contributed by atoms with Crippen LogP contribution < -0.4 is 0 Å². The van der Waals surface area contributed by atoms with Gasteiger partial charge in [0.25, 0.3) is 0 Å². The molecule has 0 saturated carbocycles. The molecule has 0 aliphatic heterocycles. The SMILES string of the molecule is Oc1c2ccccc2c(-c2ccccc2)c2oc3c4ccccc4c(-c4ccccc4)cc3c12. The Kier molecular flexibility index (Phi) is 4.03. The zero-order valence-corrected chi connectivity index (χ0v) is 18.3. The molecule has 7 aromatic rings. The molecule has 2 nitrogen and oxygen atoms in total. The van der Waals surface area contributed by atoms with Gasteiger partial charge in [-0.15, -0.1) is 0 Å². The molecule has 0 unspecified atom stereocenters. The molecule has 0 spiro atoms. The van der Waals surface area contributed by atoms with Gasteiger partial charge in [0.05, 0.1) is 5.39 Å². The number of aromatic hydroxyl groups is 1. The Morgan fingerprint density at radius 1 is 0.471 bits per heavy atom. The van der Waals surface area contributed by atoms with E-state index < -0.39 is 0 Å². The highest BCUT2D eigenvalue weighted by Gasteiger charge is 2.23. The van der Waals surface area contributed by atoms with Crippen molar-refractivity contribution in [2.45, 2.75) is 0 Å². The molecule has 0 radical (unpaired) electrons. The normalized spacial score (nSPS) is 11.6. The highest BCUT2D eigenvalue weighted by atomic mass is 16.3. The highest BCUT2D eigenvalue weighted by Crippen LogP contribution is 2.49. The fourth-order valence-electron chi connectivity index (χ4n) is 5.24. The molecule has 0 atom stereocenters. The summed E-state index contributed by atoms with van der Waals surface area (Å²) in [7, 11) is 0. The maximum absolute atomic E-state index is 11.5. The van der Waals surface area contributed by atoms with E-state index in [0.29, 0.717) is 5.58 Å². The van der Waals surface area contributed by atoms with Gasteiger partial charge in [0, 0.05) is 21.7 Å². The van der Waals surface area contributed by atoms with Crippen LogP contribution in [0.5, 0.6) is 5.75 Å². The third kappa shape index (κ3) is 2.63. The van der Waals surface area contributed by atoms with Gasteiger partial charge in [-0.3, -0.25) is 0 Å². The molecule has 2 heteroatoms. The summed E-state index contributed by atoms with van der Waals surface area (Å²) in [5, 5.41) is 17.2. The van der Waals surface area contributed by atoms with Gasteiger partial charge < -0.3 is 9.52 Å². The maximum Gasteiger partial charge on any atom is 0.147 e. The van der Waals surface area contributed by atoms with Crippen LogP contribution in [0.1, 0.15) is 0 Å². The van der Waals surface area contributed by atoms with Crippen molar-refractivity contribution in [3.63, 3.8) is 0 Å². The molecule has 6 aromatic carbocycles. The number of fused-ring (bicyclic) bond motifs is 6. The zero-order valence-electron chi connectivity index (χ0n) is 18.3. The van der Waals surface area contributed by atoms with Gasteiger partial charge in [0.2, 0.25) is 0 Å². The minimum Gasteiger partial charge on any atom is -0.507 e. The number of benzene rings is 6. The second-order valence-corrected chi connectivity index (χ2v) is 8.65. The monoisotopic (exact) mass is 436 g/mol. The topological polar surface area (TPSA) is 33.4 Å². The molecule has 0 amide bonds. The third-order valence-electron chi connectivity index (χ3n) is 6.76. The van der Waals surface area contributed by atoms with Crippen molar-refractivity contribution >= 4 is 43.5 Å². The van der Waals surface area contributed by atoms with Crippen molar-refractivity contribution < 1.29 is 9.52 Å². The number of hydrogen-bond acceptors (Lipinski definition) is 2. The van der Waals surface area contributed by atoms with Crippen molar-refractivity contribution in [1.82, 2.24) is 0 Å². The summed E-state index contributed by atoms with van der Waals surface area (Å²) in [6.45, 7) is 0. The van der Waals surface area contributed by atoms with Crippen LogP contribution in [0.15, 0.2) is 120 Å². The summed E-state index contributed by atoms with van der Waals surface area (Å²) in [5.74, 6) is 0.262. The van der Waals surface area contributed by atoms with Gasteiger partial charge >= 0.3 is 0 Å². The molecule has 1 heterocycles. The largest absolute Gasteiger partial charge is 0.507 e. The van der Waals surface area contributed by atoms with Gasteiger partial charge in [-0.2, -0.15) is 0 Å². The molecule has 1 aromatic heterocycles. The molecule has 1 N–H and O–H groups in total. The van der Waals surface area contributed by atoms with Gasteiger partial charge in [0.15, 0.2) is 0 Å². The predicted octanol–water partition coefficient (Wildman–Crippen LogP) is 8.93. The predicted molar refractivity (Wildman–Crippen MR) is 141 cm³/mol. The van der Waals surface area contributed by atoms with Gasteiger partial charge in [-0.05, 0) is 33.5 Å². The lowest BCUT2D eigenvalue weighted by Crippen LogP contribution is -1.85. The lowest BCUT2D eigenvalue weighted by molar-refractivity contribution is 0.487. The summed E-state index contributed by atoms with van der Waals surface area (Å²) >= 11 is 0. The first-order valence-corrected chi connectivity index (χ1v) is 11.4. The summed E-state index contributed by atoms with van der Waals surface area (Å²) in [5.41, 5.74) is 5.85. The Morgan fingerprint density at radius 2 is 1.03 bits per heavy atom. The van der Waals surface area contributed by atoms with Crippen LogP contribution >= 0.6 is 0 Å². The van der Waals surface area contributed by atoms with E-state index in [-0.39, 0.29) is 5.75 Å². The summed E-state index contributed by atoms with van der Waals surface area (Å²) in [6.07, 6.45) is 0. The van der Waals surface area contributed by atoms with Crippen molar-refractivity contribution in [3.05, 3.63) is 115 Å². The average Bonchev–Trinajstić information content (AvgIpc) is 3.29. The molecule has 0 aliphatic rings. The molecule has 160 valence electrons. The Hall–Kier alpha value is -4.56. The van der Waals surface area contributed by atoms with Crippen LogP contribution in [0.25, 0.3) is 65.7 Å². The first kappa shape index (κ1) is 19.0. The van der Waals surface area contributed by atoms with Crippen molar-refractivity contribution in [2.24, 2.45) is 0 Å². The molecule has 0 saturated heterocycles. The molecule has 0 aliphatic carbocycles. The van der Waals surface area contributed by atoms with E-state index in [4.69, 9.17) is 4.42 Å². The fourth-order valence-corrected chi connectivity index (χ4v) is 5.24. The Balaban J connectivity index is 1.74. The number of phenols is 1. The number of furan rings is 1. The lowest BCUT2D eigenvalue weighted by Gasteiger charge is -2.11. The smallest absolute Gasteiger partial charge is 0.147 e. The van der Waals surface area contributed by atoms with Crippen molar-refractivity contribution in [3.8, 4) is 28.0 Å². The van der Waals surface area contributed by atoms with E-state index in [9.17, 15) is 5.11 Å². The molecule has 0 bridgehead atoms. The minimum absolute atomic E-state index is 0.262. The molecular formula is C32H20O2. The highest BCUT2D eigenvalue weighted by molar-refractivity contribution is 6.26. The van der Waals surface area contributed by atoms with Crippen LogP contribution in [0, 0.1) is 0 Å². The zero-order chi connectivity index (χ0) is 22.6. The number of rotatable bonds is 2. The Bertz CT molecular complexity index is 1850. The van der Waals surface area contributed by atoms with E-state index in [1.54, 1.807) is 0 Å². The lowest BCUT2D eigenvalue weighted by atomic mass is 9.92.